The Morgan fingerprint density at radius 1 is 1.17 bits per heavy atom. The van der Waals surface area contributed by atoms with E-state index in [1.807, 2.05) is 6.08 Å². The van der Waals surface area contributed by atoms with Crippen molar-refractivity contribution in [2.24, 2.45) is 17.8 Å². The summed E-state index contributed by atoms with van der Waals surface area (Å²) in [6.07, 6.45) is 3.50. The Kier molecular flexibility index (Phi) is 8.41. The number of rotatable bonds is 6. The van der Waals surface area contributed by atoms with Gasteiger partial charge < -0.3 is 19.3 Å². The number of allylic oxidation sites excluding steroid dienone is 1. The number of hydrogen-bond donors (Lipinski definition) is 1. The van der Waals surface area contributed by atoms with E-state index in [2.05, 4.69) is 6.58 Å². The van der Waals surface area contributed by atoms with Crippen LogP contribution in [0.3, 0.4) is 0 Å². The number of carbonyl (C=O) groups is 3. The highest BCUT2D eigenvalue weighted by molar-refractivity contribution is 5.91. The molecule has 0 saturated carbocycles. The topological polar surface area (TPSA) is 99.1 Å². The molecule has 1 N–H and O–H groups in total. The zero-order chi connectivity index (χ0) is 22.4. The number of ether oxygens (including phenoxy) is 3. The molecule has 7 heteroatoms. The van der Waals surface area contributed by atoms with Gasteiger partial charge in [0.05, 0.1) is 17.9 Å². The number of esters is 3. The monoisotopic (exact) mass is 420 g/mol. The summed E-state index contributed by atoms with van der Waals surface area (Å²) in [6, 6.07) is 0. The third kappa shape index (κ3) is 6.29. The zero-order valence-electron chi connectivity index (χ0n) is 18.2. The number of aliphatic hydroxyl groups excluding tert-OH is 1. The van der Waals surface area contributed by atoms with E-state index in [9.17, 15) is 19.5 Å². The van der Waals surface area contributed by atoms with Gasteiger partial charge in [0.2, 0.25) is 0 Å². The summed E-state index contributed by atoms with van der Waals surface area (Å²) < 4.78 is 16.1. The van der Waals surface area contributed by atoms with Crippen LogP contribution in [0.25, 0.3) is 0 Å². The van der Waals surface area contributed by atoms with E-state index in [1.165, 1.54) is 0 Å². The van der Waals surface area contributed by atoms with E-state index >= 15 is 0 Å². The maximum Gasteiger partial charge on any atom is 0.334 e. The first kappa shape index (κ1) is 23.9. The highest BCUT2D eigenvalue weighted by Gasteiger charge is 2.39. The van der Waals surface area contributed by atoms with Gasteiger partial charge in [0.1, 0.15) is 19.3 Å². The standard InChI is InChI=1S/C23H32O7/c1-13(2)21(25)28-11-16-7-6-8-17(12-29-22(26)14(3)4)19(24)10-18-15(5)23(27)30-20(18)9-16/h8-9,13-14,18-20,24H,5-7,10-12H2,1-4H3/b16-9-,17-8+/t18-,19-,20+/m0/s1. The van der Waals surface area contributed by atoms with Crippen LogP contribution < -0.4 is 0 Å². The Hall–Kier alpha value is -2.41. The Bertz CT molecular complexity index is 745. The molecule has 1 saturated heterocycles. The van der Waals surface area contributed by atoms with Crippen LogP contribution in [0, 0.1) is 17.8 Å². The lowest BCUT2D eigenvalue weighted by Crippen LogP contribution is -2.26. The van der Waals surface area contributed by atoms with E-state index in [4.69, 9.17) is 14.2 Å². The average Bonchev–Trinajstić information content (AvgIpc) is 2.94. The minimum absolute atomic E-state index is 0.0156. The van der Waals surface area contributed by atoms with E-state index < -0.39 is 24.1 Å². The van der Waals surface area contributed by atoms with Gasteiger partial charge in [0.15, 0.2) is 0 Å². The molecule has 0 unspecified atom stereocenters. The second-order valence-corrected chi connectivity index (χ2v) is 8.42. The molecule has 1 aliphatic carbocycles. The van der Waals surface area contributed by atoms with Gasteiger partial charge in [-0.2, -0.15) is 0 Å². The fourth-order valence-electron chi connectivity index (χ4n) is 3.27. The molecule has 3 atom stereocenters. The molecule has 2 aliphatic rings. The van der Waals surface area contributed by atoms with Crippen molar-refractivity contribution in [3.05, 3.63) is 35.5 Å². The van der Waals surface area contributed by atoms with E-state index in [0.717, 1.165) is 5.57 Å². The van der Waals surface area contributed by atoms with Crippen LogP contribution in [-0.2, 0) is 28.6 Å². The molecular formula is C23H32O7. The van der Waals surface area contributed by atoms with Crippen molar-refractivity contribution >= 4 is 17.9 Å². The van der Waals surface area contributed by atoms with Crippen LogP contribution in [0.1, 0.15) is 47.0 Å². The summed E-state index contributed by atoms with van der Waals surface area (Å²) in [7, 11) is 0. The summed E-state index contributed by atoms with van der Waals surface area (Å²) >= 11 is 0. The second kappa shape index (κ2) is 10.6. The Morgan fingerprint density at radius 2 is 1.77 bits per heavy atom. The van der Waals surface area contributed by atoms with Gasteiger partial charge in [0.25, 0.3) is 0 Å². The van der Waals surface area contributed by atoms with Crippen molar-refractivity contribution in [2.45, 2.75) is 59.2 Å². The fourth-order valence-corrected chi connectivity index (χ4v) is 3.27. The fraction of sp³-hybridized carbons (Fsp3) is 0.609. The molecule has 2 rings (SSSR count). The molecule has 0 aromatic rings. The number of carbonyl (C=O) groups excluding carboxylic acids is 3. The van der Waals surface area contributed by atoms with Crippen molar-refractivity contribution in [2.75, 3.05) is 13.2 Å². The minimum Gasteiger partial charge on any atom is -0.461 e. The summed E-state index contributed by atoms with van der Waals surface area (Å²) in [6.45, 7) is 10.9. The highest BCUT2D eigenvalue weighted by Crippen LogP contribution is 2.34. The first-order chi connectivity index (χ1) is 14.1. The first-order valence-corrected chi connectivity index (χ1v) is 10.4. The lowest BCUT2D eigenvalue weighted by atomic mass is 9.86. The predicted molar refractivity (Wildman–Crippen MR) is 110 cm³/mol. The Balaban J connectivity index is 2.21. The summed E-state index contributed by atoms with van der Waals surface area (Å²) in [4.78, 5) is 35.8. The zero-order valence-corrected chi connectivity index (χ0v) is 18.2. The van der Waals surface area contributed by atoms with Crippen molar-refractivity contribution < 1.29 is 33.7 Å². The maximum atomic E-state index is 12.1. The van der Waals surface area contributed by atoms with Crippen LogP contribution in [-0.4, -0.2) is 48.4 Å². The molecule has 0 spiro atoms. The van der Waals surface area contributed by atoms with Crippen LogP contribution in [0.15, 0.2) is 35.5 Å². The summed E-state index contributed by atoms with van der Waals surface area (Å²) in [5, 5.41) is 10.7. The Labute approximate surface area is 177 Å². The smallest absolute Gasteiger partial charge is 0.334 e. The molecule has 166 valence electrons. The normalized spacial score (nSPS) is 28.2. The molecule has 30 heavy (non-hydrogen) atoms. The number of aliphatic hydroxyl groups is 1. The van der Waals surface area contributed by atoms with Crippen LogP contribution >= 0.6 is 0 Å². The predicted octanol–water partition coefficient (Wildman–Crippen LogP) is 2.88. The Morgan fingerprint density at radius 3 is 2.37 bits per heavy atom. The minimum atomic E-state index is -0.891. The van der Waals surface area contributed by atoms with Gasteiger partial charge in [-0.15, -0.1) is 0 Å². The largest absolute Gasteiger partial charge is 0.461 e. The van der Waals surface area contributed by atoms with Crippen molar-refractivity contribution in [1.29, 1.82) is 0 Å². The third-order valence-electron chi connectivity index (χ3n) is 5.25. The number of fused-ring (bicyclic) bond motifs is 1. The van der Waals surface area contributed by atoms with Gasteiger partial charge >= 0.3 is 17.9 Å². The lowest BCUT2D eigenvalue weighted by molar-refractivity contribution is -0.147. The highest BCUT2D eigenvalue weighted by atomic mass is 16.6. The lowest BCUT2D eigenvalue weighted by Gasteiger charge is -2.23. The molecule has 0 radical (unpaired) electrons. The molecule has 1 heterocycles. The van der Waals surface area contributed by atoms with Crippen molar-refractivity contribution in [3.63, 3.8) is 0 Å². The molecular weight excluding hydrogens is 388 g/mol. The number of hydrogen-bond acceptors (Lipinski definition) is 7. The molecule has 7 nitrogen and oxygen atoms in total. The van der Waals surface area contributed by atoms with Gasteiger partial charge in [-0.05, 0) is 36.5 Å². The van der Waals surface area contributed by atoms with Gasteiger partial charge in [0, 0.05) is 11.5 Å². The van der Waals surface area contributed by atoms with E-state index in [1.54, 1.807) is 33.8 Å². The van der Waals surface area contributed by atoms with Crippen LogP contribution in [0.4, 0.5) is 0 Å². The van der Waals surface area contributed by atoms with Gasteiger partial charge in [-0.3, -0.25) is 9.59 Å². The SMILES string of the molecule is C=C1C(=O)O[C@@H]2/C=C(\COC(=O)C(C)C)CC/C=C(\COC(=O)C(C)C)[C@@H](O)C[C@@H]12. The quantitative estimate of drug-likeness (QED) is 0.305. The summed E-state index contributed by atoms with van der Waals surface area (Å²) in [5.41, 5.74) is 1.70. The average molecular weight is 421 g/mol. The first-order valence-electron chi connectivity index (χ1n) is 10.4. The van der Waals surface area contributed by atoms with Crippen LogP contribution in [0.5, 0.6) is 0 Å². The summed E-state index contributed by atoms with van der Waals surface area (Å²) in [5.74, 6) is -2.06. The van der Waals surface area contributed by atoms with Crippen molar-refractivity contribution in [3.8, 4) is 0 Å². The van der Waals surface area contributed by atoms with Crippen molar-refractivity contribution in [1.82, 2.24) is 0 Å². The van der Waals surface area contributed by atoms with Gasteiger partial charge in [-0.1, -0.05) is 40.3 Å². The second-order valence-electron chi connectivity index (χ2n) is 8.42. The maximum absolute atomic E-state index is 12.1. The van der Waals surface area contributed by atoms with Crippen LogP contribution in [0.2, 0.25) is 0 Å². The molecule has 0 amide bonds. The van der Waals surface area contributed by atoms with E-state index in [-0.39, 0.29) is 43.4 Å². The molecule has 0 bridgehead atoms. The molecule has 0 aromatic carbocycles. The third-order valence-corrected chi connectivity index (χ3v) is 5.25. The van der Waals surface area contributed by atoms with E-state index in [0.29, 0.717) is 24.0 Å². The molecule has 0 aromatic heterocycles. The van der Waals surface area contributed by atoms with Gasteiger partial charge in [-0.25, -0.2) is 4.79 Å². The molecule has 1 fully saturated rings. The molecule has 1 aliphatic heterocycles.